The summed E-state index contributed by atoms with van der Waals surface area (Å²) in [7, 11) is 0. The molecular weight excluding hydrogens is 208 g/mol. The van der Waals surface area contributed by atoms with Crippen molar-refractivity contribution in [2.75, 3.05) is 0 Å². The van der Waals surface area contributed by atoms with E-state index in [2.05, 4.69) is 13.5 Å². The van der Waals surface area contributed by atoms with E-state index in [1.165, 1.54) is 11.1 Å². The van der Waals surface area contributed by atoms with Crippen LogP contribution in [0.3, 0.4) is 0 Å². The van der Waals surface area contributed by atoms with Crippen LogP contribution in [0.2, 0.25) is 0 Å². The molecule has 2 aromatic carbocycles. The van der Waals surface area contributed by atoms with Crippen LogP contribution in [0, 0.1) is 0 Å². The minimum absolute atomic E-state index is 0.340. The summed E-state index contributed by atoms with van der Waals surface area (Å²) in [5.74, 6) is 0.340. The number of phenols is 1. The van der Waals surface area contributed by atoms with E-state index in [4.69, 9.17) is 5.11 Å². The maximum atomic E-state index is 8.85. The average molecular weight is 226 g/mol. The monoisotopic (exact) mass is 226 g/mol. The van der Waals surface area contributed by atoms with Crippen LogP contribution in [0.4, 0.5) is 0 Å². The van der Waals surface area contributed by atoms with Gasteiger partial charge in [0, 0.05) is 0 Å². The summed E-state index contributed by atoms with van der Waals surface area (Å²) in [6.45, 7) is 5.72. The highest BCUT2D eigenvalue weighted by atomic mass is 16.3. The van der Waals surface area contributed by atoms with E-state index in [1.54, 1.807) is 12.1 Å². The van der Waals surface area contributed by atoms with Gasteiger partial charge in [0.25, 0.3) is 0 Å². The number of aromatic hydroxyl groups is 1. The molecule has 88 valence electrons. The van der Waals surface area contributed by atoms with Gasteiger partial charge in [-0.15, -0.1) is 0 Å². The number of hydrogen-bond acceptors (Lipinski definition) is 1. The van der Waals surface area contributed by atoms with Gasteiger partial charge >= 0.3 is 0 Å². The Morgan fingerprint density at radius 3 is 2.00 bits per heavy atom. The van der Waals surface area contributed by atoms with E-state index in [0.717, 1.165) is 6.42 Å². The van der Waals surface area contributed by atoms with Crippen molar-refractivity contribution in [1.29, 1.82) is 0 Å². The smallest absolute Gasteiger partial charge is 0.115 e. The maximum absolute atomic E-state index is 8.85. The molecule has 1 nitrogen and oxygen atoms in total. The first kappa shape index (κ1) is 13.0. The summed E-state index contributed by atoms with van der Waals surface area (Å²) in [6, 6.07) is 17.3. The average Bonchev–Trinajstić information content (AvgIpc) is 2.41. The Morgan fingerprint density at radius 2 is 1.59 bits per heavy atom. The van der Waals surface area contributed by atoms with E-state index in [9.17, 15) is 0 Å². The highest BCUT2D eigenvalue weighted by molar-refractivity contribution is 5.45. The fourth-order valence-corrected chi connectivity index (χ4v) is 1.32. The van der Waals surface area contributed by atoms with Gasteiger partial charge in [-0.1, -0.05) is 62.0 Å². The normalized spacial score (nSPS) is 9.00. The molecule has 0 saturated carbocycles. The van der Waals surface area contributed by atoms with Gasteiger partial charge in [-0.3, -0.25) is 0 Å². The summed E-state index contributed by atoms with van der Waals surface area (Å²) >= 11 is 0. The lowest BCUT2D eigenvalue weighted by molar-refractivity contribution is 0.475. The minimum Gasteiger partial charge on any atom is -0.508 e. The van der Waals surface area contributed by atoms with Crippen LogP contribution in [-0.4, -0.2) is 5.11 Å². The molecule has 0 spiro atoms. The second kappa shape index (κ2) is 7.29. The van der Waals surface area contributed by atoms with Gasteiger partial charge in [0.05, 0.1) is 0 Å². The molecule has 2 aromatic rings. The summed E-state index contributed by atoms with van der Waals surface area (Å²) < 4.78 is 0. The van der Waals surface area contributed by atoms with Crippen LogP contribution in [0.5, 0.6) is 5.75 Å². The van der Waals surface area contributed by atoms with Crippen molar-refractivity contribution in [3.8, 4) is 5.75 Å². The molecule has 0 atom stereocenters. The fourth-order valence-electron chi connectivity index (χ4n) is 1.32. The van der Waals surface area contributed by atoms with E-state index >= 15 is 0 Å². The topological polar surface area (TPSA) is 20.2 Å². The van der Waals surface area contributed by atoms with E-state index in [-0.39, 0.29) is 0 Å². The molecule has 0 aromatic heterocycles. The molecule has 0 unspecified atom stereocenters. The number of rotatable bonds is 2. The molecule has 1 heteroatoms. The van der Waals surface area contributed by atoms with Gasteiger partial charge < -0.3 is 5.11 Å². The van der Waals surface area contributed by atoms with Crippen molar-refractivity contribution in [1.82, 2.24) is 0 Å². The molecule has 0 aliphatic rings. The largest absolute Gasteiger partial charge is 0.508 e. The Balaban J connectivity index is 0.000000171. The predicted molar refractivity (Wildman–Crippen MR) is 74.0 cm³/mol. The molecule has 0 amide bonds. The first-order valence-corrected chi connectivity index (χ1v) is 5.71. The summed E-state index contributed by atoms with van der Waals surface area (Å²) in [5, 5.41) is 8.85. The Hall–Kier alpha value is -2.02. The molecule has 17 heavy (non-hydrogen) atoms. The summed E-state index contributed by atoms with van der Waals surface area (Å²) in [5.41, 5.74) is 2.43. The van der Waals surface area contributed by atoms with Crippen molar-refractivity contribution < 1.29 is 5.11 Å². The van der Waals surface area contributed by atoms with Gasteiger partial charge in [0.1, 0.15) is 5.75 Å². The molecule has 0 aliphatic carbocycles. The van der Waals surface area contributed by atoms with Crippen molar-refractivity contribution >= 4 is 6.08 Å². The highest BCUT2D eigenvalue weighted by Crippen LogP contribution is 2.09. The maximum Gasteiger partial charge on any atom is 0.115 e. The van der Waals surface area contributed by atoms with Crippen LogP contribution in [-0.2, 0) is 6.42 Å². The zero-order valence-electron chi connectivity index (χ0n) is 10.1. The Morgan fingerprint density at radius 1 is 1.00 bits per heavy atom. The number of benzene rings is 2. The van der Waals surface area contributed by atoms with Gasteiger partial charge in [-0.05, 0) is 29.7 Å². The van der Waals surface area contributed by atoms with Crippen LogP contribution in [0.1, 0.15) is 18.1 Å². The quantitative estimate of drug-likeness (QED) is 0.810. The zero-order valence-corrected chi connectivity index (χ0v) is 10.1. The van der Waals surface area contributed by atoms with Crippen molar-refractivity contribution in [2.45, 2.75) is 13.3 Å². The molecule has 0 saturated heterocycles. The Bertz CT molecular complexity index is 429. The minimum atomic E-state index is 0.340. The Labute approximate surface area is 103 Å². The van der Waals surface area contributed by atoms with Crippen molar-refractivity contribution in [3.63, 3.8) is 0 Å². The molecule has 0 heterocycles. The number of phenolic OH excluding ortho intramolecular Hbond substituents is 1. The lowest BCUT2D eigenvalue weighted by Crippen LogP contribution is -1.75. The first-order chi connectivity index (χ1) is 8.26. The zero-order chi connectivity index (χ0) is 12.5. The third-order valence-corrected chi connectivity index (χ3v) is 2.38. The van der Waals surface area contributed by atoms with Gasteiger partial charge in [0.2, 0.25) is 0 Å². The third-order valence-electron chi connectivity index (χ3n) is 2.38. The lowest BCUT2D eigenvalue weighted by Gasteiger charge is -1.93. The fraction of sp³-hybridized carbons (Fsp3) is 0.125. The second-order valence-corrected chi connectivity index (χ2v) is 3.63. The molecule has 1 N–H and O–H groups in total. The van der Waals surface area contributed by atoms with E-state index in [0.29, 0.717) is 5.75 Å². The van der Waals surface area contributed by atoms with Crippen LogP contribution < -0.4 is 0 Å². The third kappa shape index (κ3) is 5.03. The van der Waals surface area contributed by atoms with Crippen LogP contribution in [0.15, 0.2) is 61.2 Å². The van der Waals surface area contributed by atoms with Crippen LogP contribution >= 0.6 is 0 Å². The molecule has 0 radical (unpaired) electrons. The summed E-state index contributed by atoms with van der Waals surface area (Å²) in [4.78, 5) is 0. The second-order valence-electron chi connectivity index (χ2n) is 3.63. The number of aryl methyl sites for hydroxylation is 1. The van der Waals surface area contributed by atoms with E-state index in [1.807, 2.05) is 48.5 Å². The van der Waals surface area contributed by atoms with E-state index < -0.39 is 0 Å². The van der Waals surface area contributed by atoms with Crippen molar-refractivity contribution in [2.24, 2.45) is 0 Å². The van der Waals surface area contributed by atoms with Crippen LogP contribution in [0.25, 0.3) is 6.08 Å². The van der Waals surface area contributed by atoms with Gasteiger partial charge in [-0.25, -0.2) is 0 Å². The van der Waals surface area contributed by atoms with Gasteiger partial charge in [0.15, 0.2) is 0 Å². The van der Waals surface area contributed by atoms with Crippen molar-refractivity contribution in [3.05, 3.63) is 72.3 Å². The SMILES string of the molecule is C=Cc1ccccc1.CCc1ccc(O)cc1. The lowest BCUT2D eigenvalue weighted by atomic mass is 10.2. The molecule has 0 fully saturated rings. The first-order valence-electron chi connectivity index (χ1n) is 5.71. The summed E-state index contributed by atoms with van der Waals surface area (Å²) in [6.07, 6.45) is 2.86. The van der Waals surface area contributed by atoms with Gasteiger partial charge in [-0.2, -0.15) is 0 Å². The molecule has 0 aliphatic heterocycles. The predicted octanol–water partition coefficient (Wildman–Crippen LogP) is 4.28. The molecule has 0 bridgehead atoms. The molecule has 2 rings (SSSR count). The number of hydrogen-bond donors (Lipinski definition) is 1. The molecular formula is C16H18O. The Kier molecular flexibility index (Phi) is 5.59. The standard InChI is InChI=1S/C8H10O.C8H8/c1-2-7-3-5-8(9)6-4-7;1-2-8-6-4-3-5-7-8/h3-6,9H,2H2,1H3;2-7H,1H2. The highest BCUT2D eigenvalue weighted by Gasteiger charge is 1.86.